The molecule has 0 radical (unpaired) electrons. The Bertz CT molecular complexity index is 6180. The number of nitrogen functional groups attached to an aromatic ring is 2. The third kappa shape index (κ3) is 21.4. The molecule has 14 aromatic rings. The van der Waals surface area contributed by atoms with Gasteiger partial charge in [-0.15, -0.1) is 5.11 Å². The van der Waals surface area contributed by atoms with Crippen molar-refractivity contribution in [1.82, 2.24) is 29.5 Å². The quantitative estimate of drug-likeness (QED) is 0.0276. The van der Waals surface area contributed by atoms with Gasteiger partial charge < -0.3 is 92.6 Å². The number of aromatic amines is 2. The van der Waals surface area contributed by atoms with Crippen LogP contribution in [-0.2, 0) is 20.2 Å². The van der Waals surface area contributed by atoms with Gasteiger partial charge in [-0.2, -0.15) is 21.9 Å². The van der Waals surface area contributed by atoms with Crippen molar-refractivity contribution in [3.8, 4) is 28.6 Å². The number of hydrogen-bond donors (Lipinski definition) is 18. The van der Waals surface area contributed by atoms with Crippen molar-refractivity contribution in [2.24, 2.45) is 10.2 Å². The van der Waals surface area contributed by atoms with Crippen molar-refractivity contribution in [2.75, 3.05) is 11.5 Å². The fourth-order valence-corrected chi connectivity index (χ4v) is 12.6. The van der Waals surface area contributed by atoms with Crippen LogP contribution in [0.5, 0.6) is 17.2 Å². The van der Waals surface area contributed by atoms with E-state index in [0.717, 1.165) is 62.5 Å². The number of diazo groups is 2. The zero-order valence-corrected chi connectivity index (χ0v) is 61.5. The highest BCUT2D eigenvalue weighted by Gasteiger charge is 2.23. The summed E-state index contributed by atoms with van der Waals surface area (Å²) in [7, 11) is -20.3. The van der Waals surface area contributed by atoms with Crippen molar-refractivity contribution >= 4 is 141 Å². The van der Waals surface area contributed by atoms with Crippen LogP contribution in [0.4, 0.5) is 34.1 Å². The molecule has 0 amide bonds. The second-order valence-electron chi connectivity index (χ2n) is 22.6. The molecule has 0 fully saturated rings. The van der Waals surface area contributed by atoms with Crippen LogP contribution >= 0.6 is 32.6 Å². The standard InChI is InChI=1S/C20H18N4O8S2.C10H10N2O4S.C10H8N2O4S.C10H11NO4S.C9H6N3.C9H8N2.2ClH/c1-11-19(20(26)24(23-11)14-4-6-15(7-5-14)33(27,28)29)22-21-13-3-2-12-8-16(34(30,31)32)10-18(25)17(12)9-13;1-7-6-10(13)12(11-7)8-2-4-9(5-3-8)17(14,15)16;11-12-7-2-1-6-3-8(17(14,15)16)5-10(13)9(6)4-7;11-7-2-1-6-3-8(16(13,14)15)5-10(12)9(6)4-7;10-12-8-5-1-3-7-4-2-6-11-9(7)8;10-8-5-1-3-7-4-2-6-11-9(7)8;;/h2-10,23,25,30-32H,1H3,(H,27,28,29);2-6,11H,1H3,(H,14,15,16);1-5H,(H3-,13,14,15,16);1-5,12-15H,11H2;1-6H;1-6H,10H2;2*1H/q;;;;+1;;;/p-1. The van der Waals surface area contributed by atoms with E-state index in [1.807, 2.05) is 54.6 Å². The van der Waals surface area contributed by atoms with Crippen LogP contribution in [0.3, 0.4) is 0 Å². The lowest BCUT2D eigenvalue weighted by Crippen LogP contribution is -3.00. The summed E-state index contributed by atoms with van der Waals surface area (Å²) in [5, 5.41) is 65.2. The highest BCUT2D eigenvalue weighted by atomic mass is 35.5. The van der Waals surface area contributed by atoms with Crippen LogP contribution in [0.15, 0.2) is 263 Å². The van der Waals surface area contributed by atoms with Gasteiger partial charge in [0.05, 0.1) is 58.4 Å². The predicted octanol–water partition coefficient (Wildman–Crippen LogP) is 10.2. The number of para-hydroxylation sites is 2. The van der Waals surface area contributed by atoms with E-state index in [0.29, 0.717) is 66.5 Å². The summed E-state index contributed by atoms with van der Waals surface area (Å²) < 4.78 is 147. The third-order valence-corrected chi connectivity index (χ3v) is 19.4. The number of nitrogens with two attached hydrogens (primary N) is 2. The molecule has 0 bridgehead atoms. The molecule has 0 aliphatic rings. The molecule has 41 heteroatoms. The van der Waals surface area contributed by atoms with E-state index in [2.05, 4.69) is 40.3 Å². The van der Waals surface area contributed by atoms with Crippen molar-refractivity contribution in [3.63, 3.8) is 0 Å². The first-order chi connectivity index (χ1) is 50.3. The monoisotopic (exact) mass is 1620 g/mol. The zero-order chi connectivity index (χ0) is 78.1. The number of aromatic hydroxyl groups is 3. The molecule has 0 spiro atoms. The molecule has 0 saturated carbocycles. The van der Waals surface area contributed by atoms with Gasteiger partial charge in [-0.3, -0.25) is 33.9 Å². The van der Waals surface area contributed by atoms with Gasteiger partial charge in [-0.1, -0.05) is 48.5 Å². The summed E-state index contributed by atoms with van der Waals surface area (Å²) in [5.41, 5.74) is 16.2. The summed E-state index contributed by atoms with van der Waals surface area (Å²) >= 11 is 0. The van der Waals surface area contributed by atoms with Gasteiger partial charge in [-0.25, -0.2) is 14.3 Å². The number of fused-ring (bicyclic) bond motifs is 5. The largest absolute Gasteiger partial charge is 1.00 e. The number of azo groups is 1. The van der Waals surface area contributed by atoms with Crippen molar-refractivity contribution < 1.29 is 107 Å². The minimum atomic E-state index is -4.37. The van der Waals surface area contributed by atoms with Crippen LogP contribution in [0.1, 0.15) is 11.4 Å². The van der Waals surface area contributed by atoms with E-state index >= 15 is 0 Å². The number of nitrogens with zero attached hydrogens (tertiary/aromatic N) is 10. The van der Waals surface area contributed by atoms with Crippen LogP contribution in [0.25, 0.3) is 75.4 Å². The minimum Gasteiger partial charge on any atom is -1.00 e. The molecule has 0 saturated heterocycles. The van der Waals surface area contributed by atoms with Crippen molar-refractivity contribution in [3.05, 3.63) is 261 Å². The Kier molecular flexibility index (Phi) is 27.1. The molecule has 34 nitrogen and oxygen atoms in total. The lowest BCUT2D eigenvalue weighted by Gasteiger charge is -2.20. The SMILES string of the molecule is Cc1[nH]n(-c2ccc(S(=O)(=O)O)cc2)c(=O)c1N=Nc1ccc2cc(S(O)(O)O)cc(O)c2c1.Cc1cc(=O)n(-c2ccc(S(=O)(=O)O)cc2)[nH]1.N#[N+]c1ccc2cc(S(O)(O)O)cc(O)c2c1.N#[N+]c1cccc2cccnc12.Nc1ccc2cc(S(O)(O)O)cc(O)c2c1.Nc1cccc2cccnc12.[Cl-].[Cl-]. The number of aromatic nitrogens is 6. The Balaban J connectivity index is 0.000000190. The molecule has 0 aliphatic carbocycles. The Morgan fingerprint density at radius 2 is 0.881 bits per heavy atom. The zero-order valence-electron chi connectivity index (χ0n) is 55.9. The number of phenols is 3. The number of anilines is 2. The van der Waals surface area contributed by atoms with Crippen LogP contribution in [0, 0.1) is 24.6 Å². The average molecular weight is 1630 g/mol. The van der Waals surface area contributed by atoms with Crippen molar-refractivity contribution in [2.45, 2.75) is 38.3 Å². The highest BCUT2D eigenvalue weighted by Crippen LogP contribution is 2.49. The van der Waals surface area contributed by atoms with Crippen molar-refractivity contribution in [1.29, 1.82) is 10.8 Å². The minimum absolute atomic E-state index is 0. The summed E-state index contributed by atoms with van der Waals surface area (Å²) in [6, 6.07) is 51.7. The number of aryl methyl sites for hydroxylation is 2. The molecule has 109 heavy (non-hydrogen) atoms. The maximum Gasteiger partial charge on any atom is 0.410 e. The van der Waals surface area contributed by atoms with Gasteiger partial charge in [0.1, 0.15) is 49.9 Å². The van der Waals surface area contributed by atoms with E-state index < -0.39 is 58.4 Å². The average Bonchev–Trinajstić information content (AvgIpc) is 1.64. The Morgan fingerprint density at radius 3 is 1.34 bits per heavy atom. The summed E-state index contributed by atoms with van der Waals surface area (Å²) in [5.74, 6) is -0.710. The van der Waals surface area contributed by atoms with E-state index in [-0.39, 0.29) is 89.2 Å². The van der Waals surface area contributed by atoms with E-state index in [1.54, 1.807) is 50.5 Å². The maximum absolute atomic E-state index is 12.8. The summed E-state index contributed by atoms with van der Waals surface area (Å²) in [4.78, 5) is 37.6. The third-order valence-electron chi connectivity index (χ3n) is 15.1. The first kappa shape index (κ1) is 84.6. The number of hydrogen-bond acceptors (Lipinski definition) is 26. The van der Waals surface area contributed by atoms with Crippen LogP contribution < -0.4 is 47.4 Å². The fraction of sp³-hybridized carbons (Fsp3) is 0.0294. The number of pyridine rings is 2. The summed E-state index contributed by atoms with van der Waals surface area (Å²) in [6.45, 7) is 3.34. The maximum atomic E-state index is 12.8. The Labute approximate surface area is 633 Å². The molecule has 0 aliphatic heterocycles. The number of halogens is 2. The first-order valence-electron chi connectivity index (χ1n) is 30.2. The Hall–Kier alpha value is -11.7. The second kappa shape index (κ2) is 34.9. The molecular formula is C68H62Cl2N14O20S5. The molecule has 0 atom stereocenters. The van der Waals surface area contributed by atoms with Crippen LogP contribution in [-0.4, -0.2) is 112 Å². The van der Waals surface area contributed by atoms with E-state index in [9.17, 15) is 55.4 Å². The van der Waals surface area contributed by atoms with Gasteiger partial charge in [0, 0.05) is 75.0 Å². The fourth-order valence-electron chi connectivity index (χ4n) is 10.0. The molecule has 20 N–H and O–H groups in total. The predicted molar refractivity (Wildman–Crippen MR) is 406 cm³/mol. The van der Waals surface area contributed by atoms with Gasteiger partial charge in [0.2, 0.25) is 10.8 Å². The second-order valence-corrected chi connectivity index (χ2v) is 30.0. The van der Waals surface area contributed by atoms with E-state index in [4.69, 9.17) is 58.7 Å². The highest BCUT2D eigenvalue weighted by molar-refractivity contribution is 8.20. The van der Waals surface area contributed by atoms with Gasteiger partial charge in [-0.05, 0) is 163 Å². The number of phenolic OH excluding ortho intramolecular Hbond substituents is 3. The molecule has 4 aromatic heterocycles. The van der Waals surface area contributed by atoms with Gasteiger partial charge in [0.15, 0.2) is 21.2 Å². The number of rotatable bonds is 9. The number of H-pyrrole nitrogens is 2. The molecule has 0 unspecified atom stereocenters. The van der Waals surface area contributed by atoms with Gasteiger partial charge >= 0.3 is 11.4 Å². The van der Waals surface area contributed by atoms with Crippen LogP contribution in [0.2, 0.25) is 0 Å². The summed E-state index contributed by atoms with van der Waals surface area (Å²) in [6.07, 6.45) is 3.43. The Morgan fingerprint density at radius 1 is 0.440 bits per heavy atom. The molecule has 10 aromatic carbocycles. The van der Waals surface area contributed by atoms with E-state index in [1.165, 1.54) is 102 Å². The number of benzene rings is 10. The first-order valence-corrected chi connectivity index (χ1v) is 37.6. The topological polar surface area (TPSA) is 586 Å². The number of nitrogens with one attached hydrogen (secondary N) is 2. The molecule has 4 heterocycles. The lowest BCUT2D eigenvalue weighted by atomic mass is 10.1. The smallest absolute Gasteiger partial charge is 0.410 e. The lowest BCUT2D eigenvalue weighted by molar-refractivity contribution is -0.001000. The molecule has 14 rings (SSSR count). The molecular weight excluding hydrogens is 1560 g/mol. The normalized spacial score (nSPS) is 11.8. The molecule has 568 valence electrons. The van der Waals surface area contributed by atoms with Gasteiger partial charge in [0.25, 0.3) is 31.4 Å².